The first-order valence-electron chi connectivity index (χ1n) is 23.6. The molecule has 0 spiro atoms. The molecule has 0 unspecified atom stereocenters. The Morgan fingerprint density at radius 2 is 0.843 bits per heavy atom. The molecule has 0 aliphatic heterocycles. The summed E-state index contributed by atoms with van der Waals surface area (Å²) >= 11 is 0. The van der Waals surface area contributed by atoms with E-state index < -0.39 is 0 Å². The van der Waals surface area contributed by atoms with Crippen molar-refractivity contribution >= 4 is 65.6 Å². The van der Waals surface area contributed by atoms with Crippen molar-refractivity contribution in [2.24, 2.45) is 0 Å². The van der Waals surface area contributed by atoms with Crippen LogP contribution in [-0.4, -0.2) is 15.0 Å². The van der Waals surface area contributed by atoms with Gasteiger partial charge in [0.2, 0.25) is 0 Å². The molecule has 0 aliphatic carbocycles. The van der Waals surface area contributed by atoms with Crippen LogP contribution in [-0.2, 0) is 0 Å². The van der Waals surface area contributed by atoms with Crippen molar-refractivity contribution in [3.63, 3.8) is 0 Å². The van der Waals surface area contributed by atoms with Crippen LogP contribution in [0.3, 0.4) is 0 Å². The van der Waals surface area contributed by atoms with Crippen molar-refractivity contribution in [2.45, 2.75) is 0 Å². The molecule has 5 heteroatoms. The minimum atomic E-state index is 0.653. The van der Waals surface area contributed by atoms with Gasteiger partial charge in [-0.2, -0.15) is 0 Å². The van der Waals surface area contributed by atoms with Crippen molar-refractivity contribution in [3.05, 3.63) is 237 Å². The first-order valence-corrected chi connectivity index (χ1v) is 23.6. The zero-order chi connectivity index (χ0) is 46.1. The van der Waals surface area contributed by atoms with Crippen LogP contribution in [0.25, 0.3) is 144 Å². The van der Waals surface area contributed by atoms with Crippen molar-refractivity contribution < 1.29 is 8.83 Å². The van der Waals surface area contributed by atoms with Crippen LogP contribution in [0.15, 0.2) is 245 Å². The maximum absolute atomic E-state index is 6.65. The monoisotopic (exact) mass is 893 g/mol. The lowest BCUT2D eigenvalue weighted by Crippen LogP contribution is -1.96. The van der Waals surface area contributed by atoms with E-state index in [1.807, 2.05) is 36.4 Å². The molecule has 4 aromatic heterocycles. The summed E-state index contributed by atoms with van der Waals surface area (Å²) in [7, 11) is 0. The van der Waals surface area contributed by atoms with E-state index in [0.29, 0.717) is 5.82 Å². The smallest absolute Gasteiger partial charge is 0.160 e. The molecule has 14 aromatic rings. The molecular weight excluding hydrogens is 855 g/mol. The zero-order valence-electron chi connectivity index (χ0n) is 37.7. The molecule has 4 heterocycles. The van der Waals surface area contributed by atoms with Gasteiger partial charge in [-0.15, -0.1) is 0 Å². The molecule has 0 fully saturated rings. The lowest BCUT2D eigenvalue weighted by molar-refractivity contribution is 0.669. The summed E-state index contributed by atoms with van der Waals surface area (Å²) in [6.45, 7) is 0. The van der Waals surface area contributed by atoms with Crippen molar-refractivity contribution in [1.29, 1.82) is 0 Å². The van der Waals surface area contributed by atoms with Crippen LogP contribution in [0.2, 0.25) is 0 Å². The van der Waals surface area contributed by atoms with Crippen LogP contribution < -0.4 is 0 Å². The molecule has 70 heavy (non-hydrogen) atoms. The van der Waals surface area contributed by atoms with Gasteiger partial charge >= 0.3 is 0 Å². The zero-order valence-corrected chi connectivity index (χ0v) is 37.7. The Hall–Kier alpha value is -9.45. The Bertz CT molecular complexity index is 4340. The number of furan rings is 2. The van der Waals surface area contributed by atoms with Crippen LogP contribution >= 0.6 is 0 Å². The largest absolute Gasteiger partial charge is 0.456 e. The molecule has 0 saturated carbocycles. The number of aromatic nitrogens is 3. The summed E-state index contributed by atoms with van der Waals surface area (Å²) in [5.74, 6) is 0.653. The third-order valence-corrected chi connectivity index (χ3v) is 13.7. The minimum Gasteiger partial charge on any atom is -0.456 e. The molecule has 0 N–H and O–H groups in total. The second-order valence-corrected chi connectivity index (χ2v) is 17.8. The van der Waals surface area contributed by atoms with Crippen molar-refractivity contribution in [2.75, 3.05) is 0 Å². The predicted octanol–water partition coefficient (Wildman–Crippen LogP) is 17.6. The van der Waals surface area contributed by atoms with Gasteiger partial charge < -0.3 is 8.83 Å². The van der Waals surface area contributed by atoms with E-state index in [9.17, 15) is 0 Å². The summed E-state index contributed by atoms with van der Waals surface area (Å²) in [5.41, 5.74) is 17.5. The SMILES string of the molecule is c1ccc(-c2cc(-c3cccc(-c4cccc(-c5nc6ccccc6c6c(-c7ccccc7)c7c(cc56)oc5ccccc57)c4)c3)nc(-c3ccc(-c4cccc5c4oc4ccccc45)cc3)n2)cc1. The fourth-order valence-corrected chi connectivity index (χ4v) is 10.4. The highest BCUT2D eigenvalue weighted by atomic mass is 16.3. The van der Waals surface area contributed by atoms with Gasteiger partial charge in [0.25, 0.3) is 0 Å². The average molecular weight is 894 g/mol. The van der Waals surface area contributed by atoms with Crippen molar-refractivity contribution in [1.82, 2.24) is 15.0 Å². The Morgan fingerprint density at radius 1 is 0.286 bits per heavy atom. The summed E-state index contributed by atoms with van der Waals surface area (Å²) in [5, 5.41) is 7.73. The van der Waals surface area contributed by atoms with Gasteiger partial charge in [-0.1, -0.05) is 194 Å². The molecule has 0 bridgehead atoms. The van der Waals surface area contributed by atoms with Gasteiger partial charge in [0.1, 0.15) is 22.3 Å². The first-order chi connectivity index (χ1) is 34.7. The van der Waals surface area contributed by atoms with E-state index >= 15 is 0 Å². The van der Waals surface area contributed by atoms with E-state index in [0.717, 1.165) is 138 Å². The summed E-state index contributed by atoms with van der Waals surface area (Å²) < 4.78 is 13.0. The molecule has 0 radical (unpaired) electrons. The maximum atomic E-state index is 6.65. The second-order valence-electron chi connectivity index (χ2n) is 17.8. The molecule has 14 rings (SSSR count). The lowest BCUT2D eigenvalue weighted by Gasteiger charge is -2.16. The minimum absolute atomic E-state index is 0.653. The molecule has 0 atom stereocenters. The highest BCUT2D eigenvalue weighted by molar-refractivity contribution is 6.27. The van der Waals surface area contributed by atoms with Crippen LogP contribution in [0.4, 0.5) is 0 Å². The number of benzene rings is 10. The predicted molar refractivity (Wildman–Crippen MR) is 287 cm³/mol. The van der Waals surface area contributed by atoms with E-state index in [2.05, 4.69) is 200 Å². The maximum Gasteiger partial charge on any atom is 0.160 e. The topological polar surface area (TPSA) is 65.0 Å². The Labute approximate surface area is 402 Å². The second kappa shape index (κ2) is 16.1. The third kappa shape index (κ3) is 6.59. The summed E-state index contributed by atoms with van der Waals surface area (Å²) in [6.07, 6.45) is 0. The molecule has 0 amide bonds. The Kier molecular flexibility index (Phi) is 9.14. The first kappa shape index (κ1) is 39.7. The summed E-state index contributed by atoms with van der Waals surface area (Å²) in [6, 6.07) is 82.5. The van der Waals surface area contributed by atoms with Gasteiger partial charge in [0.05, 0.1) is 22.6 Å². The van der Waals surface area contributed by atoms with E-state index in [-0.39, 0.29) is 0 Å². The van der Waals surface area contributed by atoms with E-state index in [1.165, 1.54) is 0 Å². The Morgan fingerprint density at radius 3 is 1.61 bits per heavy atom. The highest BCUT2D eigenvalue weighted by Gasteiger charge is 2.22. The lowest BCUT2D eigenvalue weighted by atomic mass is 9.89. The highest BCUT2D eigenvalue weighted by Crippen LogP contribution is 2.47. The van der Waals surface area contributed by atoms with Crippen LogP contribution in [0, 0.1) is 0 Å². The third-order valence-electron chi connectivity index (χ3n) is 13.7. The fourth-order valence-electron chi connectivity index (χ4n) is 10.4. The summed E-state index contributed by atoms with van der Waals surface area (Å²) in [4.78, 5) is 15.9. The van der Waals surface area contributed by atoms with E-state index in [4.69, 9.17) is 23.8 Å². The number of rotatable bonds is 7. The fraction of sp³-hybridized carbons (Fsp3) is 0. The molecule has 0 aliphatic rings. The van der Waals surface area contributed by atoms with Crippen molar-refractivity contribution in [3.8, 4) is 78.5 Å². The molecule has 5 nitrogen and oxygen atoms in total. The number of hydrogen-bond acceptors (Lipinski definition) is 5. The number of para-hydroxylation sites is 4. The van der Waals surface area contributed by atoms with Crippen LogP contribution in [0.5, 0.6) is 0 Å². The molecular formula is C65H39N3O2. The van der Waals surface area contributed by atoms with Gasteiger partial charge in [-0.3, -0.25) is 0 Å². The molecule has 10 aromatic carbocycles. The quantitative estimate of drug-likeness (QED) is 0.149. The van der Waals surface area contributed by atoms with Gasteiger partial charge in [0, 0.05) is 71.1 Å². The molecule has 326 valence electrons. The van der Waals surface area contributed by atoms with Gasteiger partial charge in [-0.25, -0.2) is 15.0 Å². The average Bonchev–Trinajstić information content (AvgIpc) is 4.01. The molecule has 0 saturated heterocycles. The number of pyridine rings is 1. The van der Waals surface area contributed by atoms with Crippen LogP contribution in [0.1, 0.15) is 0 Å². The van der Waals surface area contributed by atoms with E-state index in [1.54, 1.807) is 0 Å². The number of nitrogens with zero attached hydrogens (tertiary/aromatic N) is 3. The standard InChI is InChI=1S/C65H39N3O2/c1-3-16-41(17-4-1)55-39-56(68-65(67-55)43-34-32-40(33-35-43)48-27-15-28-50-49-24-8-11-30-57(49)70-64(48)50)46-22-13-20-44(36-46)45-21-14-23-47(37-45)63-53-38-59-62(52-26-9-12-31-58(52)69-59)60(42-18-5-2-6-19-42)61(53)51-25-7-10-29-54(51)66-63/h1-39H. The van der Waals surface area contributed by atoms with Gasteiger partial charge in [-0.05, 0) is 64.7 Å². The van der Waals surface area contributed by atoms with Gasteiger partial charge in [0.15, 0.2) is 5.82 Å². The normalized spacial score (nSPS) is 11.7. The number of hydrogen-bond donors (Lipinski definition) is 0. The Balaban J connectivity index is 0.885. The number of fused-ring (bicyclic) bond motifs is 9.